The number of phenols is 1. The first-order valence-electron chi connectivity index (χ1n) is 4.47. The summed E-state index contributed by atoms with van der Waals surface area (Å²) in [6.45, 7) is 2.87. The molecule has 0 amide bonds. The van der Waals surface area contributed by atoms with E-state index in [0.29, 0.717) is 5.92 Å². The third-order valence-corrected chi connectivity index (χ3v) is 2.19. The number of benzene rings is 1. The number of hydrogen-bond acceptors (Lipinski definition) is 3. The quantitative estimate of drug-likeness (QED) is 0.727. The molecule has 1 aliphatic heterocycles. The van der Waals surface area contributed by atoms with Gasteiger partial charge in [-0.3, -0.25) is 0 Å². The second-order valence-electron chi connectivity index (χ2n) is 3.33. The fourth-order valence-electron chi connectivity index (χ4n) is 1.22. The number of aromatic hydroxyl groups is 1. The molecule has 1 fully saturated rings. The highest BCUT2D eigenvalue weighted by atomic mass is 16.5. The SMILES string of the molecule is Oc1ccc(OCC2CNC2)cc1. The zero-order valence-corrected chi connectivity index (χ0v) is 7.36. The highest BCUT2D eigenvalue weighted by molar-refractivity contribution is 5.30. The second-order valence-corrected chi connectivity index (χ2v) is 3.33. The van der Waals surface area contributed by atoms with Crippen LogP contribution < -0.4 is 10.1 Å². The summed E-state index contributed by atoms with van der Waals surface area (Å²) in [5.74, 6) is 1.75. The molecule has 0 radical (unpaired) electrons. The molecule has 1 saturated heterocycles. The van der Waals surface area contributed by atoms with Crippen LogP contribution in [0.5, 0.6) is 11.5 Å². The summed E-state index contributed by atoms with van der Waals surface area (Å²) < 4.78 is 5.51. The van der Waals surface area contributed by atoms with Crippen LogP contribution in [0.1, 0.15) is 0 Å². The van der Waals surface area contributed by atoms with E-state index in [1.54, 1.807) is 24.3 Å². The van der Waals surface area contributed by atoms with Crippen molar-refractivity contribution < 1.29 is 9.84 Å². The summed E-state index contributed by atoms with van der Waals surface area (Å²) in [5, 5.41) is 12.2. The van der Waals surface area contributed by atoms with Gasteiger partial charge >= 0.3 is 0 Å². The molecule has 0 bridgehead atoms. The van der Waals surface area contributed by atoms with E-state index in [0.717, 1.165) is 25.4 Å². The largest absolute Gasteiger partial charge is 0.508 e. The van der Waals surface area contributed by atoms with Crippen molar-refractivity contribution in [1.29, 1.82) is 0 Å². The van der Waals surface area contributed by atoms with Gasteiger partial charge in [-0.15, -0.1) is 0 Å². The molecule has 2 rings (SSSR count). The Hall–Kier alpha value is -1.22. The molecule has 13 heavy (non-hydrogen) atoms. The van der Waals surface area contributed by atoms with Crippen LogP contribution in [0.25, 0.3) is 0 Å². The molecule has 1 aliphatic rings. The lowest BCUT2D eigenvalue weighted by molar-refractivity contribution is 0.199. The first-order valence-corrected chi connectivity index (χ1v) is 4.47. The summed E-state index contributed by atoms with van der Waals surface area (Å²) in [7, 11) is 0. The molecule has 2 N–H and O–H groups in total. The van der Waals surface area contributed by atoms with E-state index in [-0.39, 0.29) is 5.75 Å². The van der Waals surface area contributed by atoms with Crippen LogP contribution in [-0.2, 0) is 0 Å². The standard InChI is InChI=1S/C10H13NO2/c12-9-1-3-10(4-2-9)13-7-8-5-11-6-8/h1-4,8,11-12H,5-7H2. The third-order valence-electron chi connectivity index (χ3n) is 2.19. The van der Waals surface area contributed by atoms with Gasteiger partial charge in [0, 0.05) is 19.0 Å². The monoisotopic (exact) mass is 179 g/mol. The molecule has 3 heteroatoms. The van der Waals surface area contributed by atoms with Gasteiger partial charge < -0.3 is 15.2 Å². The average molecular weight is 179 g/mol. The van der Waals surface area contributed by atoms with Crippen molar-refractivity contribution in [3.63, 3.8) is 0 Å². The predicted molar refractivity (Wildman–Crippen MR) is 50.0 cm³/mol. The summed E-state index contributed by atoms with van der Waals surface area (Å²) in [6, 6.07) is 6.82. The van der Waals surface area contributed by atoms with Gasteiger partial charge in [-0.2, -0.15) is 0 Å². The van der Waals surface area contributed by atoms with E-state index in [9.17, 15) is 0 Å². The Morgan fingerprint density at radius 1 is 1.31 bits per heavy atom. The minimum Gasteiger partial charge on any atom is -0.508 e. The third kappa shape index (κ3) is 2.12. The number of rotatable bonds is 3. The van der Waals surface area contributed by atoms with Crippen molar-refractivity contribution in [2.75, 3.05) is 19.7 Å². The number of nitrogens with one attached hydrogen (secondary N) is 1. The minimum atomic E-state index is 0.276. The van der Waals surface area contributed by atoms with E-state index in [4.69, 9.17) is 9.84 Å². The zero-order valence-electron chi connectivity index (χ0n) is 7.36. The molecular formula is C10H13NO2. The van der Waals surface area contributed by atoms with Gasteiger partial charge in [0.1, 0.15) is 11.5 Å². The fourth-order valence-corrected chi connectivity index (χ4v) is 1.22. The molecule has 70 valence electrons. The van der Waals surface area contributed by atoms with Crippen LogP contribution in [0.3, 0.4) is 0 Å². The molecule has 0 saturated carbocycles. The van der Waals surface area contributed by atoms with Crippen molar-refractivity contribution in [3.05, 3.63) is 24.3 Å². The van der Waals surface area contributed by atoms with Crippen molar-refractivity contribution in [3.8, 4) is 11.5 Å². The van der Waals surface area contributed by atoms with Crippen LogP contribution in [0.15, 0.2) is 24.3 Å². The van der Waals surface area contributed by atoms with Crippen molar-refractivity contribution in [1.82, 2.24) is 5.32 Å². The van der Waals surface area contributed by atoms with E-state index < -0.39 is 0 Å². The maximum absolute atomic E-state index is 9.03. The average Bonchev–Trinajstić information content (AvgIpc) is 2.05. The molecular weight excluding hydrogens is 166 g/mol. The first-order chi connectivity index (χ1) is 6.34. The summed E-state index contributed by atoms with van der Waals surface area (Å²) in [4.78, 5) is 0. The van der Waals surface area contributed by atoms with Gasteiger partial charge in [0.2, 0.25) is 0 Å². The maximum Gasteiger partial charge on any atom is 0.119 e. The lowest BCUT2D eigenvalue weighted by atomic mass is 10.1. The van der Waals surface area contributed by atoms with Crippen LogP contribution >= 0.6 is 0 Å². The first kappa shape index (κ1) is 8.38. The van der Waals surface area contributed by atoms with E-state index in [1.807, 2.05) is 0 Å². The summed E-state index contributed by atoms with van der Waals surface area (Å²) in [6.07, 6.45) is 0. The lowest BCUT2D eigenvalue weighted by Crippen LogP contribution is -2.45. The number of hydrogen-bond donors (Lipinski definition) is 2. The Bertz CT molecular complexity index is 267. The van der Waals surface area contributed by atoms with Crippen molar-refractivity contribution in [2.24, 2.45) is 5.92 Å². The van der Waals surface area contributed by atoms with Crippen molar-refractivity contribution >= 4 is 0 Å². The molecule has 0 aromatic heterocycles. The molecule has 0 spiro atoms. The Morgan fingerprint density at radius 3 is 2.54 bits per heavy atom. The van der Waals surface area contributed by atoms with Crippen LogP contribution in [0.4, 0.5) is 0 Å². The zero-order chi connectivity index (χ0) is 9.10. The van der Waals surface area contributed by atoms with E-state index in [1.165, 1.54) is 0 Å². The topological polar surface area (TPSA) is 41.5 Å². The molecule has 0 unspecified atom stereocenters. The van der Waals surface area contributed by atoms with E-state index >= 15 is 0 Å². The molecule has 0 aliphatic carbocycles. The second kappa shape index (κ2) is 3.66. The summed E-state index contributed by atoms with van der Waals surface area (Å²) >= 11 is 0. The minimum absolute atomic E-state index is 0.276. The Kier molecular flexibility index (Phi) is 2.36. The normalized spacial score (nSPS) is 16.6. The molecule has 1 aromatic carbocycles. The smallest absolute Gasteiger partial charge is 0.119 e. The fraction of sp³-hybridized carbons (Fsp3) is 0.400. The Morgan fingerprint density at radius 2 is 2.00 bits per heavy atom. The van der Waals surface area contributed by atoms with Gasteiger partial charge in [-0.1, -0.05) is 0 Å². The van der Waals surface area contributed by atoms with Gasteiger partial charge in [0.25, 0.3) is 0 Å². The Labute approximate surface area is 77.3 Å². The number of ether oxygens (including phenoxy) is 1. The molecule has 0 atom stereocenters. The van der Waals surface area contributed by atoms with Crippen LogP contribution in [-0.4, -0.2) is 24.8 Å². The summed E-state index contributed by atoms with van der Waals surface area (Å²) in [5.41, 5.74) is 0. The van der Waals surface area contributed by atoms with Crippen LogP contribution in [0, 0.1) is 5.92 Å². The molecule has 1 heterocycles. The lowest BCUT2D eigenvalue weighted by Gasteiger charge is -2.26. The maximum atomic E-state index is 9.03. The van der Waals surface area contributed by atoms with Gasteiger partial charge in [0.05, 0.1) is 6.61 Å². The van der Waals surface area contributed by atoms with Crippen LogP contribution in [0.2, 0.25) is 0 Å². The molecule has 1 aromatic rings. The van der Waals surface area contributed by atoms with E-state index in [2.05, 4.69) is 5.32 Å². The highest BCUT2D eigenvalue weighted by Crippen LogP contribution is 2.17. The molecule has 3 nitrogen and oxygen atoms in total. The predicted octanol–water partition coefficient (Wildman–Crippen LogP) is 0.990. The number of phenolic OH excluding ortho intramolecular Hbond substituents is 1. The van der Waals surface area contributed by atoms with Gasteiger partial charge in [-0.05, 0) is 24.3 Å². The Balaban J connectivity index is 1.83. The van der Waals surface area contributed by atoms with Gasteiger partial charge in [-0.25, -0.2) is 0 Å². The highest BCUT2D eigenvalue weighted by Gasteiger charge is 2.16. The van der Waals surface area contributed by atoms with Gasteiger partial charge in [0.15, 0.2) is 0 Å². The van der Waals surface area contributed by atoms with Crippen molar-refractivity contribution in [2.45, 2.75) is 0 Å².